The van der Waals surface area contributed by atoms with Gasteiger partial charge >= 0.3 is 5.91 Å². The Morgan fingerprint density at radius 3 is 2.35 bits per heavy atom. The van der Waals surface area contributed by atoms with Crippen molar-refractivity contribution in [3.8, 4) is 12.3 Å². The molecule has 0 aliphatic rings. The van der Waals surface area contributed by atoms with Gasteiger partial charge in [0.2, 0.25) is 0 Å². The molecule has 1 unspecified atom stereocenters. The summed E-state index contributed by atoms with van der Waals surface area (Å²) < 4.78 is 0. The minimum Gasteiger partial charge on any atom is -0.318 e. The lowest BCUT2D eigenvalue weighted by atomic mass is 10.0. The van der Waals surface area contributed by atoms with Gasteiger partial charge in [-0.25, -0.2) is 0 Å². The average molecular weight is 434 g/mol. The molecule has 3 aromatic carbocycles. The summed E-state index contributed by atoms with van der Waals surface area (Å²) in [5.41, 5.74) is 0.488. The van der Waals surface area contributed by atoms with E-state index in [1.165, 1.54) is 24.3 Å². The van der Waals surface area contributed by atoms with Crippen molar-refractivity contribution in [2.75, 3.05) is 10.2 Å². The highest BCUT2D eigenvalue weighted by molar-refractivity contribution is 6.31. The first kappa shape index (κ1) is 21.6. The number of para-hydroxylation sites is 2. The molecule has 0 saturated heterocycles. The average Bonchev–Trinajstić information content (AvgIpc) is 2.77. The van der Waals surface area contributed by atoms with Crippen LogP contribution in [0.25, 0.3) is 0 Å². The lowest BCUT2D eigenvalue weighted by Gasteiger charge is -2.30. The third-order valence-corrected chi connectivity index (χ3v) is 4.64. The number of amides is 2. The number of benzene rings is 3. The highest BCUT2D eigenvalue weighted by atomic mass is 35.5. The summed E-state index contributed by atoms with van der Waals surface area (Å²) in [5.74, 6) is 0.591. The highest BCUT2D eigenvalue weighted by Crippen LogP contribution is 2.32. The predicted octanol–water partition coefficient (Wildman–Crippen LogP) is 4.59. The Labute approximate surface area is 183 Å². The van der Waals surface area contributed by atoms with Gasteiger partial charge in [0.15, 0.2) is 0 Å². The first-order valence-electron chi connectivity index (χ1n) is 9.07. The monoisotopic (exact) mass is 433 g/mol. The zero-order chi connectivity index (χ0) is 22.4. The third-order valence-electron chi connectivity index (χ3n) is 4.41. The zero-order valence-corrected chi connectivity index (χ0v) is 16.8. The van der Waals surface area contributed by atoms with Crippen molar-refractivity contribution in [3.63, 3.8) is 0 Å². The van der Waals surface area contributed by atoms with E-state index in [1.54, 1.807) is 54.6 Å². The number of nitro groups is 1. The molecule has 0 aliphatic carbocycles. The van der Waals surface area contributed by atoms with Gasteiger partial charge < -0.3 is 5.32 Å². The van der Waals surface area contributed by atoms with Crippen LogP contribution in [0.15, 0.2) is 78.9 Å². The number of rotatable bonds is 6. The molecule has 2 amide bonds. The number of nitrogens with one attached hydrogen (secondary N) is 1. The van der Waals surface area contributed by atoms with Crippen LogP contribution in [0.2, 0.25) is 5.02 Å². The molecule has 8 heteroatoms. The van der Waals surface area contributed by atoms with E-state index >= 15 is 0 Å². The number of nitrogens with zero attached hydrogens (tertiary/aromatic N) is 2. The Morgan fingerprint density at radius 1 is 1.03 bits per heavy atom. The van der Waals surface area contributed by atoms with Crippen molar-refractivity contribution < 1.29 is 14.5 Å². The fourth-order valence-electron chi connectivity index (χ4n) is 3.07. The molecule has 3 rings (SSSR count). The fourth-order valence-corrected chi connectivity index (χ4v) is 3.26. The van der Waals surface area contributed by atoms with Crippen LogP contribution >= 0.6 is 11.6 Å². The van der Waals surface area contributed by atoms with Crippen LogP contribution in [0.4, 0.5) is 17.1 Å². The van der Waals surface area contributed by atoms with Gasteiger partial charge in [0, 0.05) is 16.8 Å². The molecule has 0 radical (unpaired) electrons. The third kappa shape index (κ3) is 4.89. The molecule has 0 aliphatic heterocycles. The van der Waals surface area contributed by atoms with Crippen molar-refractivity contribution in [2.45, 2.75) is 6.04 Å². The van der Waals surface area contributed by atoms with Crippen LogP contribution in [-0.2, 0) is 9.59 Å². The summed E-state index contributed by atoms with van der Waals surface area (Å²) in [7, 11) is 0. The molecule has 0 bridgehead atoms. The summed E-state index contributed by atoms with van der Waals surface area (Å²) in [4.78, 5) is 38.0. The number of terminal acetylenes is 1. The smallest absolute Gasteiger partial charge is 0.303 e. The minimum atomic E-state index is -1.21. The molecule has 0 heterocycles. The Kier molecular flexibility index (Phi) is 6.65. The molecule has 7 nitrogen and oxygen atoms in total. The number of halogens is 1. The maximum Gasteiger partial charge on any atom is 0.303 e. The minimum absolute atomic E-state index is 0.00219. The van der Waals surface area contributed by atoms with E-state index in [2.05, 4.69) is 5.32 Å². The predicted molar refractivity (Wildman–Crippen MR) is 119 cm³/mol. The molecule has 1 N–H and O–H groups in total. The highest BCUT2D eigenvalue weighted by Gasteiger charge is 2.33. The second kappa shape index (κ2) is 9.57. The van der Waals surface area contributed by atoms with Gasteiger partial charge in [-0.15, -0.1) is 6.42 Å². The van der Waals surface area contributed by atoms with Gasteiger partial charge in [-0.1, -0.05) is 60.1 Å². The van der Waals surface area contributed by atoms with Gasteiger partial charge in [-0.05, 0) is 35.7 Å². The van der Waals surface area contributed by atoms with Crippen LogP contribution < -0.4 is 10.2 Å². The van der Waals surface area contributed by atoms with E-state index in [-0.39, 0.29) is 11.4 Å². The molecular weight excluding hydrogens is 418 g/mol. The van der Waals surface area contributed by atoms with Crippen LogP contribution in [-0.4, -0.2) is 16.7 Å². The number of carbonyl (C=O) groups is 2. The van der Waals surface area contributed by atoms with Crippen LogP contribution in [0.1, 0.15) is 11.6 Å². The SMILES string of the molecule is C#CC(=O)N(c1cccc(Cl)c1)C(C(=O)Nc1ccccc1[N+](=O)[O-])c1ccccc1. The zero-order valence-electron chi connectivity index (χ0n) is 16.1. The second-order valence-corrected chi connectivity index (χ2v) is 6.81. The van der Waals surface area contributed by atoms with Crippen molar-refractivity contribution in [3.05, 3.63) is 99.6 Å². The van der Waals surface area contributed by atoms with Gasteiger partial charge in [0.25, 0.3) is 11.6 Å². The molecule has 0 spiro atoms. The fraction of sp³-hybridized carbons (Fsp3) is 0.0435. The van der Waals surface area contributed by atoms with Crippen molar-refractivity contribution in [1.29, 1.82) is 0 Å². The quantitative estimate of drug-likeness (QED) is 0.349. The van der Waals surface area contributed by atoms with Crippen LogP contribution in [0.5, 0.6) is 0 Å². The Bertz CT molecular complexity index is 1170. The largest absolute Gasteiger partial charge is 0.318 e. The van der Waals surface area contributed by atoms with E-state index in [1.807, 2.05) is 5.92 Å². The maximum atomic E-state index is 13.4. The molecule has 154 valence electrons. The number of carbonyl (C=O) groups excluding carboxylic acids is 2. The summed E-state index contributed by atoms with van der Waals surface area (Å²) in [6.07, 6.45) is 5.39. The number of hydrogen-bond acceptors (Lipinski definition) is 4. The normalized spacial score (nSPS) is 11.1. The van der Waals surface area contributed by atoms with Crippen molar-refractivity contribution in [2.24, 2.45) is 0 Å². The lowest BCUT2D eigenvalue weighted by Crippen LogP contribution is -2.41. The Morgan fingerprint density at radius 2 is 1.71 bits per heavy atom. The summed E-state index contributed by atoms with van der Waals surface area (Å²) in [5, 5.41) is 14.2. The first-order valence-corrected chi connectivity index (χ1v) is 9.44. The number of hydrogen-bond donors (Lipinski definition) is 1. The molecular formula is C23H16ClN3O4. The van der Waals surface area contributed by atoms with Crippen LogP contribution in [0.3, 0.4) is 0 Å². The van der Waals surface area contributed by atoms with E-state index in [0.717, 1.165) is 4.90 Å². The molecule has 0 aromatic heterocycles. The van der Waals surface area contributed by atoms with E-state index in [4.69, 9.17) is 18.0 Å². The Hall–Kier alpha value is -4.15. The topological polar surface area (TPSA) is 92.6 Å². The molecule has 0 fully saturated rings. The maximum absolute atomic E-state index is 13.4. The van der Waals surface area contributed by atoms with Gasteiger partial charge in [0.05, 0.1) is 4.92 Å². The van der Waals surface area contributed by atoms with Crippen molar-refractivity contribution in [1.82, 2.24) is 0 Å². The van der Waals surface area contributed by atoms with Gasteiger partial charge in [-0.3, -0.25) is 24.6 Å². The molecule has 31 heavy (non-hydrogen) atoms. The second-order valence-electron chi connectivity index (χ2n) is 6.38. The van der Waals surface area contributed by atoms with Gasteiger partial charge in [-0.2, -0.15) is 0 Å². The summed E-state index contributed by atoms with van der Waals surface area (Å²) in [6.45, 7) is 0. The standard InChI is InChI=1S/C23H16ClN3O4/c1-2-21(28)26(18-12-8-11-17(24)15-18)22(16-9-4-3-5-10-16)23(29)25-19-13-6-7-14-20(19)27(30)31/h1,3-15,22H,(H,25,29). The van der Waals surface area contributed by atoms with E-state index in [9.17, 15) is 19.7 Å². The Balaban J connectivity index is 2.12. The van der Waals surface area contributed by atoms with Crippen LogP contribution in [0, 0.1) is 22.5 Å². The van der Waals surface area contributed by atoms with E-state index < -0.39 is 22.8 Å². The lowest BCUT2D eigenvalue weighted by molar-refractivity contribution is -0.383. The first-order chi connectivity index (χ1) is 14.9. The number of anilines is 2. The summed E-state index contributed by atoms with van der Waals surface area (Å²) in [6, 6.07) is 19.3. The molecule has 3 aromatic rings. The van der Waals surface area contributed by atoms with Gasteiger partial charge in [0.1, 0.15) is 11.7 Å². The number of nitro benzene ring substituents is 1. The molecule has 0 saturated carbocycles. The molecule has 1 atom stereocenters. The van der Waals surface area contributed by atoms with E-state index in [0.29, 0.717) is 16.3 Å². The summed E-state index contributed by atoms with van der Waals surface area (Å²) >= 11 is 6.09. The van der Waals surface area contributed by atoms with Crippen molar-refractivity contribution >= 4 is 40.5 Å².